The Balaban J connectivity index is 1.64. The van der Waals surface area contributed by atoms with Crippen molar-refractivity contribution in [2.45, 2.75) is 83.6 Å². The fourth-order valence-electron chi connectivity index (χ4n) is 3.95. The van der Waals surface area contributed by atoms with Crippen LogP contribution in [0.3, 0.4) is 0 Å². The number of benzene rings is 1. The summed E-state index contributed by atoms with van der Waals surface area (Å²) in [6.45, 7) is 1.97. The monoisotopic (exact) mass is 341 g/mol. The minimum atomic E-state index is -0.0502. The molecule has 0 aliphatic heterocycles. The summed E-state index contributed by atoms with van der Waals surface area (Å²) in [5.74, 6) is 0.429. The molecule has 1 aromatic heterocycles. The van der Waals surface area contributed by atoms with Crippen molar-refractivity contribution in [3.8, 4) is 0 Å². The first-order valence-corrected chi connectivity index (χ1v) is 10.0. The molecule has 0 unspecified atom stereocenters. The maximum atomic E-state index is 12.8. The number of nitrogens with one attached hydrogen (secondary N) is 1. The number of aryl methyl sites for hydroxylation is 1. The Labute approximate surface area is 151 Å². The summed E-state index contributed by atoms with van der Waals surface area (Å²) in [5, 5.41) is 4.29. The second kappa shape index (κ2) is 9.07. The normalized spacial score (nSPS) is 18.4. The highest BCUT2D eigenvalue weighted by Gasteiger charge is 2.20. The third kappa shape index (κ3) is 4.87. The number of furan rings is 1. The largest absolute Gasteiger partial charge is 0.451 e. The van der Waals surface area contributed by atoms with Gasteiger partial charge in [-0.2, -0.15) is 0 Å². The van der Waals surface area contributed by atoms with Gasteiger partial charge in [0.15, 0.2) is 5.76 Å². The molecular formula is C22H31NO2. The van der Waals surface area contributed by atoms with E-state index in [4.69, 9.17) is 4.42 Å². The van der Waals surface area contributed by atoms with E-state index in [-0.39, 0.29) is 11.9 Å². The molecule has 0 atom stereocenters. The van der Waals surface area contributed by atoms with E-state index in [2.05, 4.69) is 5.32 Å². The summed E-state index contributed by atoms with van der Waals surface area (Å²) < 4.78 is 5.83. The lowest BCUT2D eigenvalue weighted by Crippen LogP contribution is -2.35. The van der Waals surface area contributed by atoms with Crippen LogP contribution in [0, 0.1) is 6.92 Å². The van der Waals surface area contributed by atoms with E-state index in [0.29, 0.717) is 5.76 Å². The molecule has 1 fully saturated rings. The molecule has 1 aromatic carbocycles. The third-order valence-corrected chi connectivity index (χ3v) is 5.49. The van der Waals surface area contributed by atoms with Gasteiger partial charge in [0.1, 0.15) is 5.58 Å². The van der Waals surface area contributed by atoms with Crippen molar-refractivity contribution in [2.24, 2.45) is 0 Å². The highest BCUT2D eigenvalue weighted by Crippen LogP contribution is 2.25. The highest BCUT2D eigenvalue weighted by molar-refractivity contribution is 5.99. The van der Waals surface area contributed by atoms with Gasteiger partial charge >= 0.3 is 0 Å². The van der Waals surface area contributed by atoms with Gasteiger partial charge in [-0.25, -0.2) is 0 Å². The molecule has 1 N–H and O–H groups in total. The molecule has 3 heteroatoms. The van der Waals surface area contributed by atoms with Crippen LogP contribution in [0.4, 0.5) is 0 Å². The Morgan fingerprint density at radius 3 is 2.08 bits per heavy atom. The molecule has 1 heterocycles. The van der Waals surface area contributed by atoms with Crippen LogP contribution in [0.15, 0.2) is 28.7 Å². The molecule has 0 saturated heterocycles. The SMILES string of the molecule is Cc1c(C(=O)NC2CCCCCCCCCCC2)oc2ccccc12. The van der Waals surface area contributed by atoms with Crippen LogP contribution in [0.25, 0.3) is 11.0 Å². The van der Waals surface area contributed by atoms with Gasteiger partial charge in [0.05, 0.1) is 0 Å². The van der Waals surface area contributed by atoms with E-state index in [0.717, 1.165) is 29.4 Å². The maximum Gasteiger partial charge on any atom is 0.287 e. The van der Waals surface area contributed by atoms with Crippen molar-refractivity contribution < 1.29 is 9.21 Å². The number of para-hydroxylation sites is 1. The summed E-state index contributed by atoms with van der Waals surface area (Å²) in [6, 6.07) is 8.15. The molecule has 1 saturated carbocycles. The molecule has 0 bridgehead atoms. The second-order valence-corrected chi connectivity index (χ2v) is 7.48. The lowest BCUT2D eigenvalue weighted by Gasteiger charge is -2.19. The van der Waals surface area contributed by atoms with Crippen LogP contribution < -0.4 is 5.32 Å². The zero-order valence-electron chi connectivity index (χ0n) is 15.5. The fourth-order valence-corrected chi connectivity index (χ4v) is 3.95. The second-order valence-electron chi connectivity index (χ2n) is 7.48. The van der Waals surface area contributed by atoms with E-state index in [1.165, 1.54) is 57.8 Å². The number of amides is 1. The molecule has 25 heavy (non-hydrogen) atoms. The average Bonchev–Trinajstić information content (AvgIpc) is 2.95. The predicted octanol–water partition coefficient (Wildman–Crippen LogP) is 6.14. The molecular weight excluding hydrogens is 310 g/mol. The van der Waals surface area contributed by atoms with Gasteiger partial charge in [0.25, 0.3) is 5.91 Å². The first-order chi connectivity index (χ1) is 12.3. The van der Waals surface area contributed by atoms with E-state index >= 15 is 0 Å². The van der Waals surface area contributed by atoms with Crippen LogP contribution in [-0.4, -0.2) is 11.9 Å². The van der Waals surface area contributed by atoms with Crippen LogP contribution in [0.1, 0.15) is 86.7 Å². The Bertz CT molecular complexity index is 676. The quantitative estimate of drug-likeness (QED) is 0.712. The Morgan fingerprint density at radius 2 is 1.48 bits per heavy atom. The minimum absolute atomic E-state index is 0.0502. The first kappa shape index (κ1) is 18.0. The van der Waals surface area contributed by atoms with E-state index in [1.54, 1.807) is 0 Å². The van der Waals surface area contributed by atoms with Gasteiger partial charge in [-0.15, -0.1) is 0 Å². The van der Waals surface area contributed by atoms with Crippen molar-refractivity contribution in [2.75, 3.05) is 0 Å². The minimum Gasteiger partial charge on any atom is -0.451 e. The molecule has 1 aliphatic rings. The lowest BCUT2D eigenvalue weighted by molar-refractivity contribution is 0.0904. The van der Waals surface area contributed by atoms with Crippen molar-refractivity contribution in [1.29, 1.82) is 0 Å². The summed E-state index contributed by atoms with van der Waals surface area (Å²) in [6.07, 6.45) is 14.0. The molecule has 136 valence electrons. The number of carbonyl (C=O) groups is 1. The topological polar surface area (TPSA) is 42.2 Å². The Kier molecular flexibility index (Phi) is 6.55. The summed E-state index contributed by atoms with van der Waals surface area (Å²) >= 11 is 0. The first-order valence-electron chi connectivity index (χ1n) is 10.0. The van der Waals surface area contributed by atoms with Crippen molar-refractivity contribution >= 4 is 16.9 Å². The number of rotatable bonds is 2. The van der Waals surface area contributed by atoms with E-state index < -0.39 is 0 Å². The highest BCUT2D eigenvalue weighted by atomic mass is 16.3. The fraction of sp³-hybridized carbons (Fsp3) is 0.591. The summed E-state index contributed by atoms with van der Waals surface area (Å²) in [5.41, 5.74) is 1.74. The molecule has 1 amide bonds. The Morgan fingerprint density at radius 1 is 0.920 bits per heavy atom. The molecule has 0 radical (unpaired) electrons. The van der Waals surface area contributed by atoms with Crippen molar-refractivity contribution in [3.05, 3.63) is 35.6 Å². The van der Waals surface area contributed by atoms with Gasteiger partial charge in [0, 0.05) is 17.0 Å². The van der Waals surface area contributed by atoms with Crippen molar-refractivity contribution in [1.82, 2.24) is 5.32 Å². The van der Waals surface area contributed by atoms with Crippen LogP contribution in [0.2, 0.25) is 0 Å². The maximum absolute atomic E-state index is 12.8. The predicted molar refractivity (Wildman–Crippen MR) is 103 cm³/mol. The number of carbonyl (C=O) groups excluding carboxylic acids is 1. The van der Waals surface area contributed by atoms with Gasteiger partial charge in [-0.3, -0.25) is 4.79 Å². The van der Waals surface area contributed by atoms with Gasteiger partial charge in [-0.1, -0.05) is 76.0 Å². The summed E-state index contributed by atoms with van der Waals surface area (Å²) in [4.78, 5) is 12.8. The van der Waals surface area contributed by atoms with Gasteiger partial charge in [-0.05, 0) is 25.8 Å². The van der Waals surface area contributed by atoms with Crippen LogP contribution >= 0.6 is 0 Å². The smallest absolute Gasteiger partial charge is 0.287 e. The Hall–Kier alpha value is -1.77. The van der Waals surface area contributed by atoms with Gasteiger partial charge < -0.3 is 9.73 Å². The summed E-state index contributed by atoms with van der Waals surface area (Å²) in [7, 11) is 0. The standard InChI is InChI=1S/C22H31NO2/c1-17-19-15-11-12-16-20(19)25-21(17)22(24)23-18-13-9-7-5-3-2-4-6-8-10-14-18/h11-12,15-16,18H,2-10,13-14H2,1H3,(H,23,24). The average molecular weight is 341 g/mol. The number of fused-ring (bicyclic) bond motifs is 1. The molecule has 1 aliphatic carbocycles. The van der Waals surface area contributed by atoms with Gasteiger partial charge in [0.2, 0.25) is 0 Å². The molecule has 0 spiro atoms. The van der Waals surface area contributed by atoms with Crippen molar-refractivity contribution in [3.63, 3.8) is 0 Å². The number of hydrogen-bond acceptors (Lipinski definition) is 2. The molecule has 3 rings (SSSR count). The zero-order valence-corrected chi connectivity index (χ0v) is 15.5. The van der Waals surface area contributed by atoms with E-state index in [1.807, 2.05) is 31.2 Å². The molecule has 2 aromatic rings. The van der Waals surface area contributed by atoms with E-state index in [9.17, 15) is 4.79 Å². The van der Waals surface area contributed by atoms with Crippen LogP contribution in [-0.2, 0) is 0 Å². The third-order valence-electron chi connectivity index (χ3n) is 5.49. The molecule has 3 nitrogen and oxygen atoms in total. The number of hydrogen-bond donors (Lipinski definition) is 1. The lowest BCUT2D eigenvalue weighted by atomic mass is 9.98. The van der Waals surface area contributed by atoms with Crippen LogP contribution in [0.5, 0.6) is 0 Å². The zero-order chi connectivity index (χ0) is 17.5.